The molecule has 0 unspecified atom stereocenters. The SMILES string of the molecule is Cc1cc(C(N)=S)cc(NCC(C)(C)C(N)=O)n1. The molecule has 0 aliphatic heterocycles. The molecule has 0 aliphatic rings. The van der Waals surface area contributed by atoms with E-state index in [1.165, 1.54) is 0 Å². The summed E-state index contributed by atoms with van der Waals surface area (Å²) in [6, 6.07) is 3.57. The van der Waals surface area contributed by atoms with Crippen molar-refractivity contribution < 1.29 is 4.79 Å². The Hall–Kier alpha value is -1.69. The highest BCUT2D eigenvalue weighted by atomic mass is 32.1. The smallest absolute Gasteiger partial charge is 0.224 e. The Labute approximate surface area is 112 Å². The number of carbonyl (C=O) groups is 1. The summed E-state index contributed by atoms with van der Waals surface area (Å²) in [7, 11) is 0. The van der Waals surface area contributed by atoms with Crippen molar-refractivity contribution in [1.82, 2.24) is 4.98 Å². The molecule has 98 valence electrons. The van der Waals surface area contributed by atoms with Gasteiger partial charge >= 0.3 is 0 Å². The molecule has 1 amide bonds. The number of nitrogens with one attached hydrogen (secondary N) is 1. The van der Waals surface area contributed by atoms with Gasteiger partial charge in [0.05, 0.1) is 5.41 Å². The molecule has 1 aromatic heterocycles. The summed E-state index contributed by atoms with van der Waals surface area (Å²) in [5.74, 6) is 0.268. The van der Waals surface area contributed by atoms with Crippen LogP contribution >= 0.6 is 12.2 Å². The first kappa shape index (κ1) is 14.4. The molecule has 0 spiro atoms. The van der Waals surface area contributed by atoms with E-state index in [0.717, 1.165) is 11.3 Å². The second kappa shape index (κ2) is 5.30. The molecule has 1 heterocycles. The van der Waals surface area contributed by atoms with Crippen molar-refractivity contribution in [3.63, 3.8) is 0 Å². The van der Waals surface area contributed by atoms with Crippen LogP contribution in [0, 0.1) is 12.3 Å². The topological polar surface area (TPSA) is 94.0 Å². The second-order valence-corrected chi connectivity index (χ2v) is 5.29. The Morgan fingerprint density at radius 1 is 1.44 bits per heavy atom. The van der Waals surface area contributed by atoms with Gasteiger partial charge in [-0.05, 0) is 32.9 Å². The van der Waals surface area contributed by atoms with Gasteiger partial charge in [0.1, 0.15) is 10.8 Å². The van der Waals surface area contributed by atoms with E-state index in [1.54, 1.807) is 19.9 Å². The lowest BCUT2D eigenvalue weighted by molar-refractivity contribution is -0.125. The van der Waals surface area contributed by atoms with Gasteiger partial charge < -0.3 is 16.8 Å². The van der Waals surface area contributed by atoms with E-state index in [0.29, 0.717) is 17.4 Å². The second-order valence-electron chi connectivity index (χ2n) is 4.85. The summed E-state index contributed by atoms with van der Waals surface area (Å²) in [5, 5.41) is 3.08. The van der Waals surface area contributed by atoms with Gasteiger partial charge in [-0.2, -0.15) is 0 Å². The van der Waals surface area contributed by atoms with Gasteiger partial charge in [0.25, 0.3) is 0 Å². The zero-order valence-electron chi connectivity index (χ0n) is 10.8. The Bertz CT molecular complexity index is 485. The van der Waals surface area contributed by atoms with Crippen molar-refractivity contribution in [1.29, 1.82) is 0 Å². The van der Waals surface area contributed by atoms with Crippen LogP contribution in [0.3, 0.4) is 0 Å². The van der Waals surface area contributed by atoms with Crippen molar-refractivity contribution in [2.24, 2.45) is 16.9 Å². The molecule has 1 aromatic rings. The number of anilines is 1. The number of thiocarbonyl (C=S) groups is 1. The molecule has 0 aromatic carbocycles. The number of nitrogens with zero attached hydrogens (tertiary/aromatic N) is 1. The first-order chi connectivity index (χ1) is 8.22. The van der Waals surface area contributed by atoms with Gasteiger partial charge in [0.2, 0.25) is 5.91 Å². The van der Waals surface area contributed by atoms with E-state index in [-0.39, 0.29) is 5.91 Å². The van der Waals surface area contributed by atoms with Crippen molar-refractivity contribution in [3.8, 4) is 0 Å². The van der Waals surface area contributed by atoms with Gasteiger partial charge in [-0.25, -0.2) is 4.98 Å². The van der Waals surface area contributed by atoms with E-state index in [1.807, 2.05) is 13.0 Å². The van der Waals surface area contributed by atoms with Crippen LogP contribution in [0.1, 0.15) is 25.1 Å². The zero-order valence-corrected chi connectivity index (χ0v) is 11.6. The average molecular weight is 266 g/mol. The number of carbonyl (C=O) groups excluding carboxylic acids is 1. The summed E-state index contributed by atoms with van der Waals surface area (Å²) in [4.78, 5) is 15.8. The monoisotopic (exact) mass is 266 g/mol. The van der Waals surface area contributed by atoms with E-state index in [4.69, 9.17) is 23.7 Å². The van der Waals surface area contributed by atoms with Gasteiger partial charge in [-0.15, -0.1) is 0 Å². The number of pyridine rings is 1. The summed E-state index contributed by atoms with van der Waals surface area (Å²) in [6.07, 6.45) is 0. The lowest BCUT2D eigenvalue weighted by Crippen LogP contribution is -2.37. The van der Waals surface area contributed by atoms with E-state index >= 15 is 0 Å². The molecule has 0 radical (unpaired) electrons. The quantitative estimate of drug-likeness (QED) is 0.690. The maximum atomic E-state index is 11.2. The molecular weight excluding hydrogens is 248 g/mol. The normalized spacial score (nSPS) is 11.1. The maximum Gasteiger partial charge on any atom is 0.224 e. The van der Waals surface area contributed by atoms with Crippen molar-refractivity contribution >= 4 is 28.9 Å². The number of rotatable bonds is 5. The third-order valence-electron chi connectivity index (χ3n) is 2.62. The Morgan fingerprint density at radius 2 is 2.06 bits per heavy atom. The van der Waals surface area contributed by atoms with Crippen LogP contribution in [-0.2, 0) is 4.79 Å². The Balaban J connectivity index is 2.86. The summed E-state index contributed by atoms with van der Waals surface area (Å²) in [6.45, 7) is 5.79. The molecule has 18 heavy (non-hydrogen) atoms. The van der Waals surface area contributed by atoms with Gasteiger partial charge in [-0.3, -0.25) is 4.79 Å². The van der Waals surface area contributed by atoms with Crippen molar-refractivity contribution in [3.05, 3.63) is 23.4 Å². The third-order valence-corrected chi connectivity index (χ3v) is 2.85. The molecule has 0 bridgehead atoms. The summed E-state index contributed by atoms with van der Waals surface area (Å²) < 4.78 is 0. The van der Waals surface area contributed by atoms with Crippen LogP contribution in [0.2, 0.25) is 0 Å². The number of primary amides is 1. The van der Waals surface area contributed by atoms with Crippen molar-refractivity contribution in [2.75, 3.05) is 11.9 Å². The third kappa shape index (κ3) is 3.66. The minimum absolute atomic E-state index is 0.317. The highest BCUT2D eigenvalue weighted by molar-refractivity contribution is 7.80. The highest BCUT2D eigenvalue weighted by Crippen LogP contribution is 2.16. The van der Waals surface area contributed by atoms with Gasteiger partial charge in [0.15, 0.2) is 0 Å². The number of hydrogen-bond donors (Lipinski definition) is 3. The molecular formula is C12H18N4OS. The standard InChI is InChI=1S/C12H18N4OS/c1-7-4-8(10(13)18)5-9(16-7)15-6-12(2,3)11(14)17/h4-5H,6H2,1-3H3,(H2,13,18)(H2,14,17)(H,15,16). The lowest BCUT2D eigenvalue weighted by atomic mass is 9.93. The fourth-order valence-corrected chi connectivity index (χ4v) is 1.42. The number of nitrogens with two attached hydrogens (primary N) is 2. The van der Waals surface area contributed by atoms with Crippen molar-refractivity contribution in [2.45, 2.75) is 20.8 Å². The van der Waals surface area contributed by atoms with Gasteiger partial charge in [0, 0.05) is 17.8 Å². The maximum absolute atomic E-state index is 11.2. The Kier molecular flexibility index (Phi) is 4.24. The number of amides is 1. The van der Waals surface area contributed by atoms with E-state index in [9.17, 15) is 4.79 Å². The first-order valence-corrected chi connectivity index (χ1v) is 5.95. The molecule has 0 aliphatic carbocycles. The van der Waals surface area contributed by atoms with E-state index in [2.05, 4.69) is 10.3 Å². The van der Waals surface area contributed by atoms with Crippen LogP contribution < -0.4 is 16.8 Å². The molecule has 0 saturated carbocycles. The Morgan fingerprint density at radius 3 is 2.56 bits per heavy atom. The fraction of sp³-hybridized carbons (Fsp3) is 0.417. The van der Waals surface area contributed by atoms with Crippen LogP contribution in [0.25, 0.3) is 0 Å². The number of aromatic nitrogens is 1. The predicted octanol–water partition coefficient (Wildman–Crippen LogP) is 0.948. The number of hydrogen-bond acceptors (Lipinski definition) is 4. The molecule has 5 nitrogen and oxygen atoms in total. The molecule has 0 fully saturated rings. The van der Waals surface area contributed by atoms with Crippen LogP contribution in [0.15, 0.2) is 12.1 Å². The zero-order chi connectivity index (χ0) is 13.9. The molecule has 0 atom stereocenters. The number of aryl methyl sites for hydroxylation is 1. The molecule has 1 rings (SSSR count). The van der Waals surface area contributed by atoms with E-state index < -0.39 is 5.41 Å². The largest absolute Gasteiger partial charge is 0.389 e. The van der Waals surface area contributed by atoms with Gasteiger partial charge in [-0.1, -0.05) is 12.2 Å². The average Bonchev–Trinajstić information content (AvgIpc) is 2.25. The summed E-state index contributed by atoms with van der Waals surface area (Å²) >= 11 is 4.93. The first-order valence-electron chi connectivity index (χ1n) is 5.54. The highest BCUT2D eigenvalue weighted by Gasteiger charge is 2.24. The minimum atomic E-state index is -0.644. The lowest BCUT2D eigenvalue weighted by Gasteiger charge is -2.21. The summed E-state index contributed by atoms with van der Waals surface area (Å²) in [5.41, 5.74) is 11.8. The molecule has 0 saturated heterocycles. The van der Waals surface area contributed by atoms with Crippen LogP contribution in [-0.4, -0.2) is 22.4 Å². The fourth-order valence-electron chi connectivity index (χ4n) is 1.30. The van der Waals surface area contributed by atoms with Crippen LogP contribution in [0.4, 0.5) is 5.82 Å². The molecule has 5 N–H and O–H groups in total. The molecule has 6 heteroatoms. The van der Waals surface area contributed by atoms with Crippen LogP contribution in [0.5, 0.6) is 0 Å². The minimum Gasteiger partial charge on any atom is -0.389 e. The predicted molar refractivity (Wildman–Crippen MR) is 76.3 cm³/mol.